The van der Waals surface area contributed by atoms with Crippen LogP contribution < -0.4 is 11.1 Å². The number of carbonyl (C=O) groups is 1. The molecular formula is C12H18ClFN2OS. The highest BCUT2D eigenvalue weighted by Crippen LogP contribution is 2.14. The molecule has 1 aromatic carbocycles. The Morgan fingerprint density at radius 1 is 1.50 bits per heavy atom. The van der Waals surface area contributed by atoms with E-state index in [1.807, 2.05) is 6.07 Å². The maximum atomic E-state index is 13.2. The maximum Gasteiger partial charge on any atom is 0.236 e. The van der Waals surface area contributed by atoms with Crippen LogP contribution in [0.1, 0.15) is 12.5 Å². The molecule has 1 atom stereocenters. The molecule has 0 heterocycles. The van der Waals surface area contributed by atoms with Gasteiger partial charge in [0.05, 0.1) is 6.04 Å². The highest BCUT2D eigenvalue weighted by molar-refractivity contribution is 7.98. The van der Waals surface area contributed by atoms with Gasteiger partial charge < -0.3 is 11.1 Å². The molecule has 0 radical (unpaired) electrons. The van der Waals surface area contributed by atoms with Crippen molar-refractivity contribution in [1.82, 2.24) is 5.32 Å². The van der Waals surface area contributed by atoms with E-state index in [0.717, 1.165) is 5.75 Å². The number of nitrogens with one attached hydrogen (secondary N) is 1. The zero-order valence-electron chi connectivity index (χ0n) is 10.2. The van der Waals surface area contributed by atoms with Crippen LogP contribution in [-0.4, -0.2) is 24.2 Å². The van der Waals surface area contributed by atoms with Gasteiger partial charge in [-0.25, -0.2) is 4.39 Å². The largest absolute Gasteiger partial charge is 0.354 e. The molecule has 0 aliphatic heterocycles. The molecule has 0 aromatic heterocycles. The molecule has 0 saturated carbocycles. The second-order valence-corrected chi connectivity index (χ2v) is 4.83. The van der Waals surface area contributed by atoms with E-state index >= 15 is 0 Å². The summed E-state index contributed by atoms with van der Waals surface area (Å²) in [6.07, 6.45) is 0. The first-order valence-corrected chi connectivity index (χ1v) is 6.61. The number of hydrogen-bond acceptors (Lipinski definition) is 3. The van der Waals surface area contributed by atoms with E-state index in [4.69, 9.17) is 5.73 Å². The SMILES string of the molecule is CC(N)C(=O)NCCSCc1ccccc1F.Cl. The third-order valence-electron chi connectivity index (χ3n) is 2.17. The topological polar surface area (TPSA) is 55.1 Å². The van der Waals surface area contributed by atoms with Crippen LogP contribution in [0.15, 0.2) is 24.3 Å². The predicted octanol–water partition coefficient (Wildman–Crippen LogP) is 1.94. The molecule has 102 valence electrons. The van der Waals surface area contributed by atoms with Crippen molar-refractivity contribution in [1.29, 1.82) is 0 Å². The lowest BCUT2D eigenvalue weighted by molar-refractivity contribution is -0.121. The number of benzene rings is 1. The average Bonchev–Trinajstić information content (AvgIpc) is 2.30. The van der Waals surface area contributed by atoms with Crippen molar-refractivity contribution in [2.45, 2.75) is 18.7 Å². The third-order valence-corrected chi connectivity index (χ3v) is 3.18. The van der Waals surface area contributed by atoms with Gasteiger partial charge in [0, 0.05) is 18.1 Å². The zero-order valence-corrected chi connectivity index (χ0v) is 11.8. The fourth-order valence-corrected chi connectivity index (χ4v) is 2.05. The van der Waals surface area contributed by atoms with Gasteiger partial charge in [-0.05, 0) is 18.6 Å². The predicted molar refractivity (Wildman–Crippen MR) is 76.5 cm³/mol. The second-order valence-electron chi connectivity index (χ2n) is 3.72. The Morgan fingerprint density at radius 2 is 2.17 bits per heavy atom. The first-order chi connectivity index (χ1) is 8.11. The molecule has 0 saturated heterocycles. The third kappa shape index (κ3) is 6.23. The lowest BCUT2D eigenvalue weighted by atomic mass is 10.2. The van der Waals surface area contributed by atoms with Crippen LogP contribution in [-0.2, 0) is 10.5 Å². The highest BCUT2D eigenvalue weighted by atomic mass is 35.5. The van der Waals surface area contributed by atoms with E-state index in [0.29, 0.717) is 17.9 Å². The molecule has 3 N–H and O–H groups in total. The van der Waals surface area contributed by atoms with Crippen molar-refractivity contribution in [2.24, 2.45) is 5.73 Å². The van der Waals surface area contributed by atoms with E-state index in [1.165, 1.54) is 6.07 Å². The van der Waals surface area contributed by atoms with Gasteiger partial charge in [0.15, 0.2) is 0 Å². The van der Waals surface area contributed by atoms with Gasteiger partial charge in [-0.1, -0.05) is 18.2 Å². The summed E-state index contributed by atoms with van der Waals surface area (Å²) in [5.74, 6) is 1.02. The summed E-state index contributed by atoms with van der Waals surface area (Å²) in [6.45, 7) is 2.20. The molecule has 1 unspecified atom stereocenters. The number of nitrogens with two attached hydrogens (primary N) is 1. The van der Waals surface area contributed by atoms with Crippen molar-refractivity contribution in [3.8, 4) is 0 Å². The fourth-order valence-electron chi connectivity index (χ4n) is 1.20. The van der Waals surface area contributed by atoms with Crippen molar-refractivity contribution in [2.75, 3.05) is 12.3 Å². The summed E-state index contributed by atoms with van der Waals surface area (Å²) in [4.78, 5) is 11.1. The van der Waals surface area contributed by atoms with E-state index in [9.17, 15) is 9.18 Å². The first kappa shape index (κ1) is 17.2. The van der Waals surface area contributed by atoms with Gasteiger partial charge in [0.2, 0.25) is 5.91 Å². The van der Waals surface area contributed by atoms with Crippen molar-refractivity contribution >= 4 is 30.1 Å². The summed E-state index contributed by atoms with van der Waals surface area (Å²) < 4.78 is 13.2. The summed E-state index contributed by atoms with van der Waals surface area (Å²) >= 11 is 1.58. The van der Waals surface area contributed by atoms with Crippen molar-refractivity contribution < 1.29 is 9.18 Å². The van der Waals surface area contributed by atoms with E-state index < -0.39 is 6.04 Å². The maximum absolute atomic E-state index is 13.2. The molecule has 1 aromatic rings. The number of hydrogen-bond donors (Lipinski definition) is 2. The van der Waals surface area contributed by atoms with E-state index in [-0.39, 0.29) is 24.1 Å². The van der Waals surface area contributed by atoms with Crippen LogP contribution in [0.5, 0.6) is 0 Å². The molecule has 0 aliphatic carbocycles. The Bertz CT molecular complexity index is 377. The van der Waals surface area contributed by atoms with Crippen molar-refractivity contribution in [3.05, 3.63) is 35.6 Å². The number of carbonyl (C=O) groups excluding carboxylic acids is 1. The highest BCUT2D eigenvalue weighted by Gasteiger charge is 2.05. The lowest BCUT2D eigenvalue weighted by Crippen LogP contribution is -2.39. The Kier molecular flexibility index (Phi) is 8.79. The van der Waals surface area contributed by atoms with Gasteiger partial charge in [-0.3, -0.25) is 4.79 Å². The number of thioether (sulfide) groups is 1. The minimum atomic E-state index is -0.480. The summed E-state index contributed by atoms with van der Waals surface area (Å²) in [5, 5.41) is 2.70. The zero-order chi connectivity index (χ0) is 12.7. The number of amides is 1. The summed E-state index contributed by atoms with van der Waals surface area (Å²) in [5.41, 5.74) is 6.08. The van der Waals surface area contributed by atoms with Crippen LogP contribution in [0.2, 0.25) is 0 Å². The summed E-state index contributed by atoms with van der Waals surface area (Å²) in [7, 11) is 0. The van der Waals surface area contributed by atoms with Crippen LogP contribution in [0.4, 0.5) is 4.39 Å². The van der Waals surface area contributed by atoms with Crippen LogP contribution in [0, 0.1) is 5.82 Å². The average molecular weight is 293 g/mol. The minimum Gasteiger partial charge on any atom is -0.354 e. The monoisotopic (exact) mass is 292 g/mol. The van der Waals surface area contributed by atoms with Crippen LogP contribution >= 0.6 is 24.2 Å². The number of halogens is 2. The Hall–Kier alpha value is -0.780. The Balaban J connectivity index is 0.00000289. The Labute approximate surface area is 117 Å². The minimum absolute atomic E-state index is 0. The van der Waals surface area contributed by atoms with Gasteiger partial charge >= 0.3 is 0 Å². The Morgan fingerprint density at radius 3 is 2.78 bits per heavy atom. The normalized spacial score (nSPS) is 11.5. The fraction of sp³-hybridized carbons (Fsp3) is 0.417. The first-order valence-electron chi connectivity index (χ1n) is 5.45. The lowest BCUT2D eigenvalue weighted by Gasteiger charge is -2.07. The van der Waals surface area contributed by atoms with E-state index in [2.05, 4.69) is 5.32 Å². The molecule has 1 amide bonds. The van der Waals surface area contributed by atoms with Gasteiger partial charge in [-0.2, -0.15) is 11.8 Å². The van der Waals surface area contributed by atoms with Gasteiger partial charge in [-0.15, -0.1) is 12.4 Å². The van der Waals surface area contributed by atoms with Crippen LogP contribution in [0.25, 0.3) is 0 Å². The molecule has 0 aliphatic rings. The van der Waals surface area contributed by atoms with E-state index in [1.54, 1.807) is 30.8 Å². The van der Waals surface area contributed by atoms with Gasteiger partial charge in [0.25, 0.3) is 0 Å². The molecule has 0 bridgehead atoms. The van der Waals surface area contributed by atoms with Crippen molar-refractivity contribution in [3.63, 3.8) is 0 Å². The molecule has 0 spiro atoms. The number of rotatable bonds is 6. The molecular weight excluding hydrogens is 275 g/mol. The summed E-state index contributed by atoms with van der Waals surface area (Å²) in [6, 6.07) is 6.23. The molecule has 18 heavy (non-hydrogen) atoms. The second kappa shape index (κ2) is 9.19. The molecule has 3 nitrogen and oxygen atoms in total. The standard InChI is InChI=1S/C12H17FN2OS.ClH/c1-9(14)12(16)15-6-7-17-8-10-4-2-3-5-11(10)13;/h2-5,9H,6-8,14H2,1H3,(H,15,16);1H. The molecule has 1 rings (SSSR count). The smallest absolute Gasteiger partial charge is 0.236 e. The van der Waals surface area contributed by atoms with Crippen LogP contribution in [0.3, 0.4) is 0 Å². The molecule has 0 fully saturated rings. The molecule has 6 heteroatoms. The quantitative estimate of drug-likeness (QED) is 0.788. The van der Waals surface area contributed by atoms with Gasteiger partial charge in [0.1, 0.15) is 5.82 Å².